The van der Waals surface area contributed by atoms with Crippen LogP contribution in [0.25, 0.3) is 0 Å². The van der Waals surface area contributed by atoms with Crippen molar-refractivity contribution in [2.45, 2.75) is 39.7 Å². The van der Waals surface area contributed by atoms with E-state index in [4.69, 9.17) is 4.74 Å². The Morgan fingerprint density at radius 2 is 1.95 bits per heavy atom. The molecule has 1 amide bonds. The number of rotatable bonds is 8. The van der Waals surface area contributed by atoms with Crippen LogP contribution < -0.4 is 5.32 Å². The highest BCUT2D eigenvalue weighted by atomic mass is 16.5. The van der Waals surface area contributed by atoms with Gasteiger partial charge in [-0.25, -0.2) is 0 Å². The van der Waals surface area contributed by atoms with Crippen molar-refractivity contribution in [3.05, 3.63) is 29.8 Å². The molecule has 4 nitrogen and oxygen atoms in total. The van der Waals surface area contributed by atoms with Gasteiger partial charge in [0.1, 0.15) is 0 Å². The molecule has 0 saturated heterocycles. The maximum Gasteiger partial charge on any atom is 0.253 e. The second-order valence-corrected chi connectivity index (χ2v) is 5.70. The maximum atomic E-state index is 12.3. The molecule has 118 valence electrons. The van der Waals surface area contributed by atoms with E-state index in [1.165, 1.54) is 0 Å². The molecule has 1 N–H and O–H groups in total. The molecular weight excluding hydrogens is 264 g/mol. The molecule has 0 bridgehead atoms. The number of carbonyl (C=O) groups is 1. The van der Waals surface area contributed by atoms with Gasteiger partial charge < -0.3 is 15.0 Å². The number of carbonyl (C=O) groups excluding carboxylic acids is 1. The van der Waals surface area contributed by atoms with Crippen LogP contribution in [-0.2, 0) is 4.74 Å². The normalized spacial score (nSPS) is 11.3. The van der Waals surface area contributed by atoms with Crippen molar-refractivity contribution >= 4 is 11.6 Å². The zero-order chi connectivity index (χ0) is 15.9. The SMILES string of the molecule is CCN(CC)C(=O)c1cccc(NCCC(C)(C)OC)c1. The number of nitrogens with zero attached hydrogens (tertiary/aromatic N) is 1. The van der Waals surface area contributed by atoms with E-state index in [9.17, 15) is 4.79 Å². The second kappa shape index (κ2) is 8.03. The number of ether oxygens (including phenoxy) is 1. The summed E-state index contributed by atoms with van der Waals surface area (Å²) in [5, 5.41) is 3.35. The molecule has 0 heterocycles. The van der Waals surface area contributed by atoms with E-state index in [2.05, 4.69) is 19.2 Å². The molecule has 0 aliphatic carbocycles. The molecule has 0 spiro atoms. The Morgan fingerprint density at radius 3 is 2.52 bits per heavy atom. The van der Waals surface area contributed by atoms with Crippen molar-refractivity contribution in [3.8, 4) is 0 Å². The van der Waals surface area contributed by atoms with E-state index in [-0.39, 0.29) is 11.5 Å². The summed E-state index contributed by atoms with van der Waals surface area (Å²) in [5.74, 6) is 0.0841. The van der Waals surface area contributed by atoms with E-state index < -0.39 is 0 Å². The Morgan fingerprint density at radius 1 is 1.29 bits per heavy atom. The Balaban J connectivity index is 2.66. The van der Waals surface area contributed by atoms with Crippen LogP contribution in [-0.4, -0.2) is 43.2 Å². The molecule has 0 aromatic heterocycles. The quantitative estimate of drug-likeness (QED) is 0.798. The van der Waals surface area contributed by atoms with E-state index >= 15 is 0 Å². The molecule has 0 atom stereocenters. The highest BCUT2D eigenvalue weighted by Gasteiger charge is 2.16. The first-order chi connectivity index (χ1) is 9.93. The van der Waals surface area contributed by atoms with Crippen molar-refractivity contribution in [2.24, 2.45) is 0 Å². The predicted octanol–water partition coefficient (Wildman–Crippen LogP) is 3.40. The first-order valence-corrected chi connectivity index (χ1v) is 7.62. The van der Waals surface area contributed by atoms with E-state index in [0.717, 1.165) is 37.3 Å². The number of hydrogen-bond acceptors (Lipinski definition) is 3. The number of methoxy groups -OCH3 is 1. The third-order valence-electron chi connectivity index (χ3n) is 3.77. The summed E-state index contributed by atoms with van der Waals surface area (Å²) < 4.78 is 5.40. The lowest BCUT2D eigenvalue weighted by atomic mass is 10.1. The topological polar surface area (TPSA) is 41.6 Å². The van der Waals surface area contributed by atoms with Crippen molar-refractivity contribution < 1.29 is 9.53 Å². The molecule has 0 unspecified atom stereocenters. The molecule has 4 heteroatoms. The highest BCUT2D eigenvalue weighted by Crippen LogP contribution is 2.16. The highest BCUT2D eigenvalue weighted by molar-refractivity contribution is 5.95. The van der Waals surface area contributed by atoms with E-state index in [0.29, 0.717) is 0 Å². The summed E-state index contributed by atoms with van der Waals surface area (Å²) in [6.45, 7) is 10.4. The van der Waals surface area contributed by atoms with Crippen LogP contribution in [0.4, 0.5) is 5.69 Å². The van der Waals surface area contributed by atoms with E-state index in [1.54, 1.807) is 7.11 Å². The third-order valence-corrected chi connectivity index (χ3v) is 3.77. The van der Waals surface area contributed by atoms with Gasteiger partial charge in [0, 0.05) is 38.0 Å². The number of amides is 1. The summed E-state index contributed by atoms with van der Waals surface area (Å²) in [4.78, 5) is 14.1. The smallest absolute Gasteiger partial charge is 0.253 e. The van der Waals surface area contributed by atoms with Gasteiger partial charge >= 0.3 is 0 Å². The molecule has 0 aliphatic rings. The number of anilines is 1. The van der Waals surface area contributed by atoms with Gasteiger partial charge in [-0.05, 0) is 52.3 Å². The monoisotopic (exact) mass is 292 g/mol. The van der Waals surface area contributed by atoms with Crippen LogP contribution in [0, 0.1) is 0 Å². The third kappa shape index (κ3) is 5.38. The average Bonchev–Trinajstić information content (AvgIpc) is 2.48. The van der Waals surface area contributed by atoms with Crippen LogP contribution >= 0.6 is 0 Å². The van der Waals surface area contributed by atoms with Crippen LogP contribution in [0.15, 0.2) is 24.3 Å². The number of hydrogen-bond donors (Lipinski definition) is 1. The molecule has 0 fully saturated rings. The minimum absolute atomic E-state index is 0.0841. The second-order valence-electron chi connectivity index (χ2n) is 5.70. The van der Waals surface area contributed by atoms with Crippen LogP contribution in [0.3, 0.4) is 0 Å². The zero-order valence-electron chi connectivity index (χ0n) is 13.9. The van der Waals surface area contributed by atoms with Gasteiger partial charge in [0.15, 0.2) is 0 Å². The van der Waals surface area contributed by atoms with Crippen LogP contribution in [0.5, 0.6) is 0 Å². The molecule has 1 aromatic rings. The standard InChI is InChI=1S/C17H28N2O2/c1-6-19(7-2)16(20)14-9-8-10-15(13-14)18-12-11-17(3,4)21-5/h8-10,13,18H,6-7,11-12H2,1-5H3. The molecule has 1 aromatic carbocycles. The van der Waals surface area contributed by atoms with Gasteiger partial charge in [0.25, 0.3) is 5.91 Å². The minimum atomic E-state index is -0.137. The Kier molecular flexibility index (Phi) is 6.69. The fourth-order valence-electron chi connectivity index (χ4n) is 2.07. The van der Waals surface area contributed by atoms with Crippen LogP contribution in [0.1, 0.15) is 44.5 Å². The summed E-state index contributed by atoms with van der Waals surface area (Å²) in [6, 6.07) is 7.69. The first-order valence-electron chi connectivity index (χ1n) is 7.62. The summed E-state index contributed by atoms with van der Waals surface area (Å²) in [6.07, 6.45) is 0.901. The minimum Gasteiger partial charge on any atom is -0.385 e. The Bertz CT molecular complexity index is 454. The Labute approximate surface area is 128 Å². The van der Waals surface area contributed by atoms with Crippen molar-refractivity contribution in [1.29, 1.82) is 0 Å². The van der Waals surface area contributed by atoms with Gasteiger partial charge in [-0.1, -0.05) is 6.07 Å². The summed E-state index contributed by atoms with van der Waals surface area (Å²) >= 11 is 0. The zero-order valence-corrected chi connectivity index (χ0v) is 13.9. The van der Waals surface area contributed by atoms with Crippen molar-refractivity contribution in [1.82, 2.24) is 4.90 Å². The lowest BCUT2D eigenvalue weighted by Crippen LogP contribution is -2.30. The predicted molar refractivity (Wildman–Crippen MR) is 87.9 cm³/mol. The Hall–Kier alpha value is -1.55. The lowest BCUT2D eigenvalue weighted by molar-refractivity contribution is 0.0185. The molecule has 0 saturated carbocycles. The van der Waals surface area contributed by atoms with Gasteiger partial charge in [0.05, 0.1) is 5.60 Å². The van der Waals surface area contributed by atoms with Crippen molar-refractivity contribution in [3.63, 3.8) is 0 Å². The first kappa shape index (κ1) is 17.5. The number of nitrogens with one attached hydrogen (secondary N) is 1. The largest absolute Gasteiger partial charge is 0.385 e. The number of benzene rings is 1. The molecule has 0 aliphatic heterocycles. The molecule has 0 radical (unpaired) electrons. The van der Waals surface area contributed by atoms with Crippen molar-refractivity contribution in [2.75, 3.05) is 32.1 Å². The molecule has 1 rings (SSSR count). The average molecular weight is 292 g/mol. The van der Waals surface area contributed by atoms with Gasteiger partial charge in [-0.3, -0.25) is 4.79 Å². The lowest BCUT2D eigenvalue weighted by Gasteiger charge is -2.23. The van der Waals surface area contributed by atoms with E-state index in [1.807, 2.05) is 43.0 Å². The molecular formula is C17H28N2O2. The van der Waals surface area contributed by atoms with Gasteiger partial charge in [-0.15, -0.1) is 0 Å². The molecule has 21 heavy (non-hydrogen) atoms. The summed E-state index contributed by atoms with van der Waals surface area (Å²) in [7, 11) is 1.73. The maximum absolute atomic E-state index is 12.3. The van der Waals surface area contributed by atoms with Gasteiger partial charge in [-0.2, -0.15) is 0 Å². The van der Waals surface area contributed by atoms with Gasteiger partial charge in [0.2, 0.25) is 0 Å². The fraction of sp³-hybridized carbons (Fsp3) is 0.588. The summed E-state index contributed by atoms with van der Waals surface area (Å²) in [5.41, 5.74) is 1.57. The van der Waals surface area contributed by atoms with Crippen LogP contribution in [0.2, 0.25) is 0 Å². The fourth-order valence-corrected chi connectivity index (χ4v) is 2.07.